The van der Waals surface area contributed by atoms with E-state index in [1.54, 1.807) is 0 Å². The Morgan fingerprint density at radius 1 is 1.21 bits per heavy atom. The minimum atomic E-state index is -3.71. The molecule has 0 radical (unpaired) electrons. The van der Waals surface area contributed by atoms with E-state index in [9.17, 15) is 12.8 Å². The summed E-state index contributed by atoms with van der Waals surface area (Å²) in [5, 5.41) is -0.0736. The minimum Gasteiger partial charge on any atom is -0.377 e. The van der Waals surface area contributed by atoms with Crippen LogP contribution in [0.1, 0.15) is 19.3 Å². The molecule has 0 bridgehead atoms. The molecule has 0 spiro atoms. The highest BCUT2D eigenvalue weighted by atomic mass is 35.5. The molecule has 3 rings (SSSR count). The molecule has 0 amide bonds. The first-order valence-corrected chi connectivity index (χ1v) is 10.1. The molecule has 2 aliphatic rings. The van der Waals surface area contributed by atoms with Crippen molar-refractivity contribution in [3.63, 3.8) is 0 Å². The van der Waals surface area contributed by atoms with Crippen LogP contribution in [0.2, 0.25) is 5.02 Å². The molecular weight excluding hydrogens is 355 g/mol. The SMILES string of the molecule is O=S(=O)(c1ccc(F)cc1Cl)N1CCCN(C[C@H]2CCCO2)CC1. The molecule has 2 saturated heterocycles. The summed E-state index contributed by atoms with van der Waals surface area (Å²) in [4.78, 5) is 2.23. The van der Waals surface area contributed by atoms with Gasteiger partial charge in [-0.1, -0.05) is 11.6 Å². The van der Waals surface area contributed by atoms with Gasteiger partial charge in [0, 0.05) is 32.8 Å². The summed E-state index contributed by atoms with van der Waals surface area (Å²) in [6, 6.07) is 3.40. The van der Waals surface area contributed by atoms with E-state index in [2.05, 4.69) is 4.90 Å². The van der Waals surface area contributed by atoms with E-state index in [4.69, 9.17) is 16.3 Å². The van der Waals surface area contributed by atoms with Crippen LogP contribution in [0.15, 0.2) is 23.1 Å². The first-order valence-electron chi connectivity index (χ1n) is 8.26. The van der Waals surface area contributed by atoms with Crippen molar-refractivity contribution in [2.75, 3.05) is 39.3 Å². The zero-order valence-electron chi connectivity index (χ0n) is 13.5. The summed E-state index contributed by atoms with van der Waals surface area (Å²) < 4.78 is 45.9. The second-order valence-corrected chi connectivity index (χ2v) is 8.58. The Labute approximate surface area is 147 Å². The monoisotopic (exact) mass is 376 g/mol. The average molecular weight is 377 g/mol. The number of hydrogen-bond donors (Lipinski definition) is 0. The fraction of sp³-hybridized carbons (Fsp3) is 0.625. The largest absolute Gasteiger partial charge is 0.377 e. The molecule has 2 fully saturated rings. The third-order valence-electron chi connectivity index (χ3n) is 4.55. The lowest BCUT2D eigenvalue weighted by atomic mass is 10.2. The lowest BCUT2D eigenvalue weighted by Crippen LogP contribution is -2.37. The van der Waals surface area contributed by atoms with Crippen LogP contribution in [-0.4, -0.2) is 63.1 Å². The summed E-state index contributed by atoms with van der Waals surface area (Å²) >= 11 is 5.94. The maximum absolute atomic E-state index is 13.2. The standard InChI is InChI=1S/C16H22ClFN2O3S/c17-15-11-13(18)4-5-16(15)24(21,22)20-7-2-6-19(8-9-20)12-14-3-1-10-23-14/h4-5,11,14H,1-3,6-10,12H2/t14-/m1/s1. The highest BCUT2D eigenvalue weighted by Gasteiger charge is 2.29. The summed E-state index contributed by atoms with van der Waals surface area (Å²) in [6.07, 6.45) is 3.19. The zero-order chi connectivity index (χ0) is 17.2. The maximum Gasteiger partial charge on any atom is 0.244 e. The Balaban J connectivity index is 1.68. The molecule has 24 heavy (non-hydrogen) atoms. The number of hydrogen-bond acceptors (Lipinski definition) is 4. The molecule has 1 aromatic rings. The Morgan fingerprint density at radius 3 is 2.75 bits per heavy atom. The number of rotatable bonds is 4. The van der Waals surface area contributed by atoms with Gasteiger partial charge < -0.3 is 4.74 Å². The van der Waals surface area contributed by atoms with Crippen LogP contribution in [0.5, 0.6) is 0 Å². The van der Waals surface area contributed by atoms with Gasteiger partial charge in [0.05, 0.1) is 11.1 Å². The Kier molecular flexibility index (Phi) is 5.77. The second-order valence-electron chi connectivity index (χ2n) is 6.27. The number of halogens is 2. The predicted octanol–water partition coefficient (Wildman–Crippen LogP) is 2.35. The fourth-order valence-electron chi connectivity index (χ4n) is 3.27. The summed E-state index contributed by atoms with van der Waals surface area (Å²) in [5.74, 6) is -0.544. The van der Waals surface area contributed by atoms with Crippen molar-refractivity contribution in [3.05, 3.63) is 29.0 Å². The van der Waals surface area contributed by atoms with Crippen molar-refractivity contribution >= 4 is 21.6 Å². The van der Waals surface area contributed by atoms with Crippen LogP contribution < -0.4 is 0 Å². The normalized spacial score (nSPS) is 24.2. The van der Waals surface area contributed by atoms with Gasteiger partial charge in [-0.2, -0.15) is 4.31 Å². The molecule has 0 aliphatic carbocycles. The number of ether oxygens (including phenoxy) is 1. The first kappa shape index (κ1) is 18.1. The van der Waals surface area contributed by atoms with E-state index < -0.39 is 15.8 Å². The van der Waals surface area contributed by atoms with Gasteiger partial charge in [-0.3, -0.25) is 4.90 Å². The maximum atomic E-state index is 13.2. The average Bonchev–Trinajstić information content (AvgIpc) is 2.90. The van der Waals surface area contributed by atoms with Crippen LogP contribution in [0.25, 0.3) is 0 Å². The van der Waals surface area contributed by atoms with E-state index in [1.165, 1.54) is 10.4 Å². The van der Waals surface area contributed by atoms with Crippen molar-refractivity contribution in [3.8, 4) is 0 Å². The van der Waals surface area contributed by atoms with Gasteiger partial charge in [0.15, 0.2) is 0 Å². The van der Waals surface area contributed by atoms with Crippen molar-refractivity contribution in [2.24, 2.45) is 0 Å². The van der Waals surface area contributed by atoms with Gasteiger partial charge in [-0.25, -0.2) is 12.8 Å². The number of nitrogens with zero attached hydrogens (tertiary/aromatic N) is 2. The molecule has 0 unspecified atom stereocenters. The first-order chi connectivity index (χ1) is 11.5. The van der Waals surface area contributed by atoms with Gasteiger partial charge >= 0.3 is 0 Å². The summed E-state index contributed by atoms with van der Waals surface area (Å²) in [7, 11) is -3.71. The van der Waals surface area contributed by atoms with Crippen molar-refractivity contribution < 1.29 is 17.5 Å². The Hall–Kier alpha value is -0.730. The number of sulfonamides is 1. The van der Waals surface area contributed by atoms with Crippen molar-refractivity contribution in [1.29, 1.82) is 0 Å². The molecule has 134 valence electrons. The molecule has 5 nitrogen and oxygen atoms in total. The molecule has 8 heteroatoms. The van der Waals surface area contributed by atoms with E-state index in [1.807, 2.05) is 0 Å². The molecule has 0 N–H and O–H groups in total. The van der Waals surface area contributed by atoms with E-state index in [-0.39, 0.29) is 16.0 Å². The van der Waals surface area contributed by atoms with Crippen molar-refractivity contribution in [2.45, 2.75) is 30.3 Å². The Morgan fingerprint density at radius 2 is 2.04 bits per heavy atom. The van der Waals surface area contributed by atoms with E-state index in [0.717, 1.165) is 51.1 Å². The topological polar surface area (TPSA) is 49.9 Å². The summed E-state index contributed by atoms with van der Waals surface area (Å²) in [6.45, 7) is 4.04. The fourth-order valence-corrected chi connectivity index (χ4v) is 5.24. The van der Waals surface area contributed by atoms with E-state index in [0.29, 0.717) is 19.6 Å². The lowest BCUT2D eigenvalue weighted by Gasteiger charge is -2.24. The quantitative estimate of drug-likeness (QED) is 0.809. The van der Waals surface area contributed by atoms with Crippen LogP contribution in [0.3, 0.4) is 0 Å². The van der Waals surface area contributed by atoms with Gasteiger partial charge in [0.1, 0.15) is 10.7 Å². The van der Waals surface area contributed by atoms with Gasteiger partial charge in [0.25, 0.3) is 0 Å². The summed E-state index contributed by atoms with van der Waals surface area (Å²) in [5.41, 5.74) is 0. The van der Waals surface area contributed by atoms with Crippen LogP contribution in [0, 0.1) is 5.82 Å². The molecule has 0 saturated carbocycles. The highest BCUT2D eigenvalue weighted by Crippen LogP contribution is 2.26. The molecule has 2 heterocycles. The number of benzene rings is 1. The van der Waals surface area contributed by atoms with Crippen LogP contribution >= 0.6 is 11.6 Å². The molecule has 1 aromatic carbocycles. The van der Waals surface area contributed by atoms with Gasteiger partial charge in [0.2, 0.25) is 10.0 Å². The second kappa shape index (κ2) is 7.66. The van der Waals surface area contributed by atoms with Gasteiger partial charge in [-0.15, -0.1) is 0 Å². The minimum absolute atomic E-state index is 0.0295. The van der Waals surface area contributed by atoms with Crippen LogP contribution in [-0.2, 0) is 14.8 Å². The third-order valence-corrected chi connectivity index (χ3v) is 6.93. The Bertz CT molecular complexity index is 680. The molecule has 1 atom stereocenters. The van der Waals surface area contributed by atoms with Crippen LogP contribution in [0.4, 0.5) is 4.39 Å². The zero-order valence-corrected chi connectivity index (χ0v) is 15.0. The van der Waals surface area contributed by atoms with Gasteiger partial charge in [-0.05, 0) is 44.0 Å². The molecule has 0 aromatic heterocycles. The van der Waals surface area contributed by atoms with Crippen molar-refractivity contribution in [1.82, 2.24) is 9.21 Å². The smallest absolute Gasteiger partial charge is 0.244 e. The highest BCUT2D eigenvalue weighted by molar-refractivity contribution is 7.89. The molecular formula is C16H22ClFN2O3S. The predicted molar refractivity (Wildman–Crippen MR) is 90.2 cm³/mol. The lowest BCUT2D eigenvalue weighted by molar-refractivity contribution is 0.0749. The van der Waals surface area contributed by atoms with E-state index >= 15 is 0 Å². The molecule has 2 aliphatic heterocycles. The third kappa shape index (κ3) is 4.08.